The number of amides is 1. The van der Waals surface area contributed by atoms with Crippen LogP contribution in [0.15, 0.2) is 53.4 Å². The molecule has 0 aliphatic heterocycles. The van der Waals surface area contributed by atoms with E-state index < -0.39 is 10.0 Å². The Morgan fingerprint density at radius 1 is 1.12 bits per heavy atom. The zero-order valence-electron chi connectivity index (χ0n) is 14.7. The van der Waals surface area contributed by atoms with E-state index in [4.69, 9.17) is 11.6 Å². The number of hydrogen-bond donors (Lipinski definition) is 0. The van der Waals surface area contributed by atoms with Crippen LogP contribution in [0.25, 0.3) is 0 Å². The molecule has 1 aliphatic rings. The minimum Gasteiger partial charge on any atom is -0.331 e. The first-order chi connectivity index (χ1) is 12.3. The van der Waals surface area contributed by atoms with Crippen molar-refractivity contribution in [1.82, 2.24) is 9.21 Å². The Morgan fingerprint density at radius 2 is 1.77 bits per heavy atom. The summed E-state index contributed by atoms with van der Waals surface area (Å²) in [6, 6.07) is 14.2. The minimum atomic E-state index is -3.63. The molecule has 5 nitrogen and oxygen atoms in total. The number of nitrogens with zero attached hydrogens (tertiary/aromatic N) is 2. The molecule has 0 atom stereocenters. The lowest BCUT2D eigenvalue weighted by molar-refractivity contribution is 0.0730. The summed E-state index contributed by atoms with van der Waals surface area (Å²) in [6.07, 6.45) is 1.90. The molecule has 0 spiro atoms. The SMILES string of the molecule is CN(C)S(=O)(=O)c1ccc(Cl)c(C(=O)N(Cc2ccccc2)C2CC2)c1. The van der Waals surface area contributed by atoms with Crippen molar-refractivity contribution >= 4 is 27.5 Å². The normalized spacial score (nSPS) is 14.5. The quantitative estimate of drug-likeness (QED) is 0.757. The van der Waals surface area contributed by atoms with Gasteiger partial charge >= 0.3 is 0 Å². The molecule has 3 rings (SSSR count). The fourth-order valence-electron chi connectivity index (χ4n) is 2.73. The van der Waals surface area contributed by atoms with Crippen LogP contribution in [0.2, 0.25) is 5.02 Å². The largest absolute Gasteiger partial charge is 0.331 e. The van der Waals surface area contributed by atoms with Crippen LogP contribution in [-0.2, 0) is 16.6 Å². The topological polar surface area (TPSA) is 57.7 Å². The summed E-state index contributed by atoms with van der Waals surface area (Å²) in [5.74, 6) is -0.239. The lowest BCUT2D eigenvalue weighted by Gasteiger charge is -2.23. The van der Waals surface area contributed by atoms with Gasteiger partial charge in [0.15, 0.2) is 0 Å². The van der Waals surface area contributed by atoms with E-state index in [-0.39, 0.29) is 27.4 Å². The van der Waals surface area contributed by atoms with Gasteiger partial charge in [-0.3, -0.25) is 4.79 Å². The predicted octanol–water partition coefficient (Wildman–Crippen LogP) is 3.40. The first kappa shape index (κ1) is 18.9. The zero-order valence-corrected chi connectivity index (χ0v) is 16.3. The van der Waals surface area contributed by atoms with E-state index in [0.29, 0.717) is 6.54 Å². The number of hydrogen-bond acceptors (Lipinski definition) is 3. The molecule has 7 heteroatoms. The van der Waals surface area contributed by atoms with Gasteiger partial charge in [-0.05, 0) is 36.6 Å². The number of benzene rings is 2. The Balaban J connectivity index is 1.94. The number of halogens is 1. The van der Waals surface area contributed by atoms with Gasteiger partial charge in [-0.1, -0.05) is 41.9 Å². The van der Waals surface area contributed by atoms with Gasteiger partial charge in [0.2, 0.25) is 10.0 Å². The van der Waals surface area contributed by atoms with Crippen molar-refractivity contribution in [3.63, 3.8) is 0 Å². The molecule has 1 amide bonds. The average molecular weight is 393 g/mol. The van der Waals surface area contributed by atoms with E-state index >= 15 is 0 Å². The second kappa shape index (κ2) is 7.39. The van der Waals surface area contributed by atoms with Gasteiger partial charge in [-0.15, -0.1) is 0 Å². The van der Waals surface area contributed by atoms with Crippen LogP contribution in [0.4, 0.5) is 0 Å². The van der Waals surface area contributed by atoms with Gasteiger partial charge in [0.1, 0.15) is 0 Å². The van der Waals surface area contributed by atoms with Crippen molar-refractivity contribution in [3.05, 3.63) is 64.7 Å². The number of rotatable bonds is 6. The fraction of sp³-hybridized carbons (Fsp3) is 0.316. The highest BCUT2D eigenvalue weighted by atomic mass is 35.5. The number of carbonyl (C=O) groups is 1. The molecule has 2 aromatic carbocycles. The Labute approximate surface area is 159 Å². The molecule has 1 aliphatic carbocycles. The second-order valence-corrected chi connectivity index (χ2v) is 9.14. The Hall–Kier alpha value is -1.89. The van der Waals surface area contributed by atoms with Gasteiger partial charge < -0.3 is 4.90 Å². The summed E-state index contributed by atoms with van der Waals surface area (Å²) in [5.41, 5.74) is 1.25. The summed E-state index contributed by atoms with van der Waals surface area (Å²) in [7, 11) is -0.724. The molecule has 2 aromatic rings. The van der Waals surface area contributed by atoms with E-state index in [0.717, 1.165) is 22.7 Å². The van der Waals surface area contributed by atoms with Gasteiger partial charge in [0, 0.05) is 26.7 Å². The van der Waals surface area contributed by atoms with Crippen molar-refractivity contribution in [1.29, 1.82) is 0 Å². The molecular weight excluding hydrogens is 372 g/mol. The molecule has 0 N–H and O–H groups in total. The van der Waals surface area contributed by atoms with E-state index in [2.05, 4.69) is 0 Å². The summed E-state index contributed by atoms with van der Waals surface area (Å²) >= 11 is 6.24. The summed E-state index contributed by atoms with van der Waals surface area (Å²) in [6.45, 7) is 0.478. The third-order valence-corrected chi connectivity index (χ3v) is 6.53. The molecular formula is C19H21ClN2O3S. The molecule has 26 heavy (non-hydrogen) atoms. The molecule has 0 aromatic heterocycles. The van der Waals surface area contributed by atoms with Crippen LogP contribution in [0.3, 0.4) is 0 Å². The molecule has 0 bridgehead atoms. The average Bonchev–Trinajstić information content (AvgIpc) is 3.45. The van der Waals surface area contributed by atoms with E-state index in [1.807, 2.05) is 30.3 Å². The maximum Gasteiger partial charge on any atom is 0.255 e. The van der Waals surface area contributed by atoms with Crippen LogP contribution in [0.1, 0.15) is 28.8 Å². The summed E-state index contributed by atoms with van der Waals surface area (Å²) in [4.78, 5) is 15.0. The van der Waals surface area contributed by atoms with Gasteiger partial charge in [-0.2, -0.15) is 0 Å². The van der Waals surface area contributed by atoms with Crippen LogP contribution in [-0.4, -0.2) is 43.7 Å². The first-order valence-electron chi connectivity index (χ1n) is 8.37. The van der Waals surface area contributed by atoms with Gasteiger partial charge in [0.25, 0.3) is 5.91 Å². The molecule has 0 saturated heterocycles. The van der Waals surface area contributed by atoms with Crippen LogP contribution in [0, 0.1) is 0 Å². The summed E-state index contributed by atoms with van der Waals surface area (Å²) < 4.78 is 25.9. The first-order valence-corrected chi connectivity index (χ1v) is 10.2. The fourth-order valence-corrected chi connectivity index (χ4v) is 3.85. The lowest BCUT2D eigenvalue weighted by atomic mass is 10.1. The lowest BCUT2D eigenvalue weighted by Crippen LogP contribution is -2.33. The summed E-state index contributed by atoms with van der Waals surface area (Å²) in [5, 5.41) is 0.256. The molecule has 0 unspecified atom stereocenters. The van der Waals surface area contributed by atoms with Crippen molar-refractivity contribution in [2.75, 3.05) is 14.1 Å². The Bertz CT molecular complexity index is 910. The second-order valence-electron chi connectivity index (χ2n) is 6.58. The molecule has 0 radical (unpaired) electrons. The van der Waals surface area contributed by atoms with Crippen molar-refractivity contribution in [3.8, 4) is 0 Å². The van der Waals surface area contributed by atoms with E-state index in [9.17, 15) is 13.2 Å². The number of sulfonamides is 1. The number of carbonyl (C=O) groups excluding carboxylic acids is 1. The Kier molecular flexibility index (Phi) is 5.37. The van der Waals surface area contributed by atoms with E-state index in [1.165, 1.54) is 32.3 Å². The molecule has 138 valence electrons. The minimum absolute atomic E-state index is 0.0608. The highest BCUT2D eigenvalue weighted by molar-refractivity contribution is 7.89. The van der Waals surface area contributed by atoms with Crippen molar-refractivity contribution < 1.29 is 13.2 Å². The third kappa shape index (κ3) is 3.92. The third-order valence-electron chi connectivity index (χ3n) is 4.39. The monoisotopic (exact) mass is 392 g/mol. The van der Waals surface area contributed by atoms with Crippen molar-refractivity contribution in [2.24, 2.45) is 0 Å². The maximum absolute atomic E-state index is 13.1. The highest BCUT2D eigenvalue weighted by Crippen LogP contribution is 2.32. The molecule has 1 fully saturated rings. The molecule has 0 heterocycles. The van der Waals surface area contributed by atoms with Crippen molar-refractivity contribution in [2.45, 2.75) is 30.3 Å². The van der Waals surface area contributed by atoms with E-state index in [1.54, 1.807) is 4.90 Å². The smallest absolute Gasteiger partial charge is 0.255 e. The van der Waals surface area contributed by atoms with Crippen LogP contribution < -0.4 is 0 Å². The zero-order chi connectivity index (χ0) is 18.9. The van der Waals surface area contributed by atoms with Gasteiger partial charge in [0.05, 0.1) is 15.5 Å². The molecule has 1 saturated carbocycles. The predicted molar refractivity (Wildman–Crippen MR) is 102 cm³/mol. The van der Waals surface area contributed by atoms with Gasteiger partial charge in [-0.25, -0.2) is 12.7 Å². The Morgan fingerprint density at radius 3 is 2.35 bits per heavy atom. The maximum atomic E-state index is 13.1. The van der Waals surface area contributed by atoms with Crippen LogP contribution >= 0.6 is 11.6 Å². The van der Waals surface area contributed by atoms with Crippen LogP contribution in [0.5, 0.6) is 0 Å². The standard InChI is InChI=1S/C19H21ClN2O3S/c1-21(2)26(24,25)16-10-11-18(20)17(12-16)19(23)22(15-8-9-15)13-14-6-4-3-5-7-14/h3-7,10-12,15H,8-9,13H2,1-2H3. The highest BCUT2D eigenvalue weighted by Gasteiger charge is 2.34.